The summed E-state index contributed by atoms with van der Waals surface area (Å²) in [6.45, 7) is 7.65. The van der Waals surface area contributed by atoms with E-state index in [0.29, 0.717) is 12.5 Å². The number of aromatic nitrogens is 3. The predicted molar refractivity (Wildman–Crippen MR) is 77.7 cm³/mol. The smallest absolute Gasteiger partial charge is 0.111 e. The molecule has 0 saturated heterocycles. The third-order valence-electron chi connectivity index (χ3n) is 3.02. The minimum atomic E-state index is -0.229. The molecule has 0 N–H and O–H groups in total. The van der Waals surface area contributed by atoms with Crippen LogP contribution in [0.4, 0.5) is 0 Å². The summed E-state index contributed by atoms with van der Waals surface area (Å²) >= 11 is 5.87. The van der Waals surface area contributed by atoms with Gasteiger partial charge in [0, 0.05) is 25.1 Å². The topological polar surface area (TPSA) is 39.9 Å². The molecule has 0 radical (unpaired) electrons. The lowest BCUT2D eigenvalue weighted by Crippen LogP contribution is -2.31. The van der Waals surface area contributed by atoms with Crippen LogP contribution >= 0.6 is 11.6 Å². The Balaban J connectivity index is 2.41. The van der Waals surface area contributed by atoms with Gasteiger partial charge in [-0.25, -0.2) is 4.98 Å². The highest BCUT2D eigenvalue weighted by molar-refractivity contribution is 6.17. The Kier molecular flexibility index (Phi) is 4.42. The van der Waals surface area contributed by atoms with E-state index in [1.54, 1.807) is 12.4 Å². The highest BCUT2D eigenvalue weighted by Gasteiger charge is 2.22. The van der Waals surface area contributed by atoms with Crippen LogP contribution in [0.25, 0.3) is 11.0 Å². The highest BCUT2D eigenvalue weighted by Crippen LogP contribution is 2.21. The van der Waals surface area contributed by atoms with Gasteiger partial charge in [0.1, 0.15) is 11.3 Å². The van der Waals surface area contributed by atoms with E-state index >= 15 is 0 Å². The van der Waals surface area contributed by atoms with Gasteiger partial charge in [0.25, 0.3) is 0 Å². The second kappa shape index (κ2) is 5.88. The van der Waals surface area contributed by atoms with Gasteiger partial charge in [0.05, 0.1) is 23.9 Å². The molecule has 0 spiro atoms. The third-order valence-corrected chi connectivity index (χ3v) is 3.21. The molecular formula is C14H20ClN3O. The molecule has 0 aliphatic heterocycles. The van der Waals surface area contributed by atoms with Crippen LogP contribution in [-0.4, -0.2) is 32.6 Å². The number of pyridine rings is 1. The zero-order chi connectivity index (χ0) is 13.9. The Morgan fingerprint density at radius 1 is 1.42 bits per heavy atom. The molecule has 0 aliphatic carbocycles. The van der Waals surface area contributed by atoms with Crippen LogP contribution < -0.4 is 0 Å². The van der Waals surface area contributed by atoms with Crippen LogP contribution in [0.5, 0.6) is 0 Å². The Labute approximate surface area is 118 Å². The van der Waals surface area contributed by atoms with Crippen LogP contribution in [-0.2, 0) is 17.7 Å². The third kappa shape index (κ3) is 3.25. The second-order valence-corrected chi connectivity index (χ2v) is 5.49. The fraction of sp³-hybridized carbons (Fsp3) is 0.571. The Morgan fingerprint density at radius 3 is 2.89 bits per heavy atom. The number of alkyl halides is 1. The maximum atomic E-state index is 5.87. The molecule has 0 fully saturated rings. The van der Waals surface area contributed by atoms with Gasteiger partial charge in [0.15, 0.2) is 0 Å². The standard InChI is InChI=1S/C14H20ClN3O/c1-4-19-14(2,3)10-18-12-6-8-16-9-11(12)17-13(18)5-7-15/h6,8-9H,4-5,7,10H2,1-3H3. The number of hydrogen-bond donors (Lipinski definition) is 0. The molecule has 0 aliphatic rings. The van der Waals surface area contributed by atoms with Crippen molar-refractivity contribution in [1.29, 1.82) is 0 Å². The van der Waals surface area contributed by atoms with Gasteiger partial charge >= 0.3 is 0 Å². The predicted octanol–water partition coefficient (Wildman–Crippen LogP) is 3.03. The number of fused-ring (bicyclic) bond motifs is 1. The average Bonchev–Trinajstić information content (AvgIpc) is 2.68. The number of rotatable bonds is 6. The summed E-state index contributed by atoms with van der Waals surface area (Å²) in [6, 6.07) is 1.99. The summed E-state index contributed by atoms with van der Waals surface area (Å²) < 4.78 is 7.98. The first-order chi connectivity index (χ1) is 9.07. The van der Waals surface area contributed by atoms with Crippen LogP contribution in [0.1, 0.15) is 26.6 Å². The van der Waals surface area contributed by atoms with E-state index in [4.69, 9.17) is 16.3 Å². The SMILES string of the molecule is CCOC(C)(C)Cn1c(CCCl)nc2cnccc21. The number of aryl methyl sites for hydroxylation is 1. The molecule has 5 heteroatoms. The Bertz CT molecular complexity index is 551. The van der Waals surface area contributed by atoms with Crippen molar-refractivity contribution in [2.75, 3.05) is 12.5 Å². The van der Waals surface area contributed by atoms with Crippen molar-refractivity contribution in [1.82, 2.24) is 14.5 Å². The summed E-state index contributed by atoms with van der Waals surface area (Å²) in [5.74, 6) is 1.55. The molecule has 104 valence electrons. The largest absolute Gasteiger partial charge is 0.374 e. The molecule has 0 unspecified atom stereocenters. The second-order valence-electron chi connectivity index (χ2n) is 5.11. The zero-order valence-electron chi connectivity index (χ0n) is 11.7. The van der Waals surface area contributed by atoms with E-state index in [1.807, 2.05) is 13.0 Å². The molecule has 0 amide bonds. The van der Waals surface area contributed by atoms with Crippen LogP contribution in [0.2, 0.25) is 0 Å². The van der Waals surface area contributed by atoms with Crippen molar-refractivity contribution < 1.29 is 4.74 Å². The van der Waals surface area contributed by atoms with Gasteiger partial charge < -0.3 is 9.30 Å². The summed E-state index contributed by atoms with van der Waals surface area (Å²) in [7, 11) is 0. The minimum Gasteiger partial charge on any atom is -0.374 e. The molecule has 2 heterocycles. The fourth-order valence-corrected chi connectivity index (χ4v) is 2.47. The summed E-state index contributed by atoms with van der Waals surface area (Å²) in [5, 5.41) is 0. The van der Waals surface area contributed by atoms with Crippen LogP contribution in [0.15, 0.2) is 18.5 Å². The molecule has 0 atom stereocenters. The lowest BCUT2D eigenvalue weighted by Gasteiger charge is -2.26. The molecule has 19 heavy (non-hydrogen) atoms. The number of ether oxygens (including phenoxy) is 1. The lowest BCUT2D eigenvalue weighted by atomic mass is 10.1. The number of hydrogen-bond acceptors (Lipinski definition) is 3. The molecular weight excluding hydrogens is 262 g/mol. The molecule has 0 bridgehead atoms. The molecule has 0 aromatic carbocycles. The van der Waals surface area contributed by atoms with Gasteiger partial charge in [-0.05, 0) is 26.8 Å². The van der Waals surface area contributed by atoms with Gasteiger partial charge in [-0.1, -0.05) is 0 Å². The summed E-state index contributed by atoms with van der Waals surface area (Å²) in [4.78, 5) is 8.73. The van der Waals surface area contributed by atoms with Crippen molar-refractivity contribution in [3.05, 3.63) is 24.3 Å². The van der Waals surface area contributed by atoms with Crippen LogP contribution in [0, 0.1) is 0 Å². The maximum absolute atomic E-state index is 5.87. The molecule has 2 rings (SSSR count). The quantitative estimate of drug-likeness (QED) is 0.764. The fourth-order valence-electron chi connectivity index (χ4n) is 2.30. The van der Waals surface area contributed by atoms with Crippen molar-refractivity contribution in [2.24, 2.45) is 0 Å². The first kappa shape index (κ1) is 14.3. The summed E-state index contributed by atoms with van der Waals surface area (Å²) in [5.41, 5.74) is 1.77. The maximum Gasteiger partial charge on any atom is 0.111 e. The van der Waals surface area contributed by atoms with Gasteiger partial charge in [-0.3, -0.25) is 4.98 Å². The molecule has 2 aromatic heterocycles. The van der Waals surface area contributed by atoms with Gasteiger partial charge in [-0.2, -0.15) is 0 Å². The van der Waals surface area contributed by atoms with Gasteiger partial charge in [0.2, 0.25) is 0 Å². The first-order valence-electron chi connectivity index (χ1n) is 6.56. The van der Waals surface area contributed by atoms with Crippen molar-refractivity contribution in [3.63, 3.8) is 0 Å². The van der Waals surface area contributed by atoms with E-state index in [-0.39, 0.29) is 5.60 Å². The Morgan fingerprint density at radius 2 is 2.21 bits per heavy atom. The van der Waals surface area contributed by atoms with E-state index in [2.05, 4.69) is 28.4 Å². The number of halogens is 1. The van der Waals surface area contributed by atoms with E-state index in [9.17, 15) is 0 Å². The van der Waals surface area contributed by atoms with Crippen molar-refractivity contribution >= 4 is 22.6 Å². The zero-order valence-corrected chi connectivity index (χ0v) is 12.4. The molecule has 2 aromatic rings. The highest BCUT2D eigenvalue weighted by atomic mass is 35.5. The van der Waals surface area contributed by atoms with Crippen molar-refractivity contribution in [3.8, 4) is 0 Å². The first-order valence-corrected chi connectivity index (χ1v) is 7.10. The molecule has 0 saturated carbocycles. The van der Waals surface area contributed by atoms with Crippen molar-refractivity contribution in [2.45, 2.75) is 39.3 Å². The molecule has 4 nitrogen and oxygen atoms in total. The monoisotopic (exact) mass is 281 g/mol. The average molecular weight is 282 g/mol. The number of imidazole rings is 1. The van der Waals surface area contributed by atoms with E-state index in [1.165, 1.54) is 0 Å². The van der Waals surface area contributed by atoms with Gasteiger partial charge in [-0.15, -0.1) is 11.6 Å². The number of nitrogens with zero attached hydrogens (tertiary/aromatic N) is 3. The lowest BCUT2D eigenvalue weighted by molar-refractivity contribution is -0.0221. The minimum absolute atomic E-state index is 0.229. The Hall–Kier alpha value is -1.13. The van der Waals surface area contributed by atoms with E-state index in [0.717, 1.165) is 29.8 Å². The summed E-state index contributed by atoms with van der Waals surface area (Å²) in [6.07, 6.45) is 4.33. The van der Waals surface area contributed by atoms with Crippen LogP contribution in [0.3, 0.4) is 0 Å². The normalized spacial score (nSPS) is 12.2. The van der Waals surface area contributed by atoms with E-state index < -0.39 is 0 Å².